The number of carbonyl (C=O) groups excluding carboxylic acids is 2. The summed E-state index contributed by atoms with van der Waals surface area (Å²) in [5, 5.41) is 13.6. The summed E-state index contributed by atoms with van der Waals surface area (Å²) in [5.74, 6) is 0.456. The van der Waals surface area contributed by atoms with E-state index in [1.807, 2.05) is 0 Å². The maximum Gasteiger partial charge on any atom is 0.410 e. The molecule has 1 aromatic carbocycles. The van der Waals surface area contributed by atoms with Crippen LogP contribution in [0, 0.1) is 16.0 Å². The van der Waals surface area contributed by atoms with Crippen molar-refractivity contribution >= 4 is 30.3 Å². The zero-order valence-electron chi connectivity index (χ0n) is 17.7. The lowest BCUT2D eigenvalue weighted by Gasteiger charge is -2.29. The summed E-state index contributed by atoms with van der Waals surface area (Å²) in [6, 6.07) is 5.23. The zero-order valence-corrected chi connectivity index (χ0v) is 18.6. The van der Waals surface area contributed by atoms with E-state index in [2.05, 4.69) is 29.9 Å². The maximum atomic E-state index is 12.7. The lowest BCUT2D eigenvalue weighted by Crippen LogP contribution is -2.46. The van der Waals surface area contributed by atoms with Gasteiger partial charge in [-0.1, -0.05) is 0 Å². The number of likely N-dealkylation sites (tertiary alicyclic amines) is 2. The first kappa shape index (κ1) is 23.3. The molecule has 0 aliphatic carbocycles. The molecule has 2 fully saturated rings. The van der Waals surface area contributed by atoms with E-state index in [1.54, 1.807) is 12.1 Å². The molecule has 2 saturated heterocycles. The van der Waals surface area contributed by atoms with Gasteiger partial charge in [0, 0.05) is 30.5 Å². The SMILES string of the molecule is CN1CCC(CCNC(=O)C2CC(S)CN2C(=O)OCc2ccc([N+](=O)[O-])cc2)CC1. The van der Waals surface area contributed by atoms with Gasteiger partial charge in [-0.05, 0) is 69.4 Å². The van der Waals surface area contributed by atoms with Crippen LogP contribution in [0.1, 0.15) is 31.2 Å². The van der Waals surface area contributed by atoms with Gasteiger partial charge in [-0.15, -0.1) is 0 Å². The number of nitro groups is 1. The lowest BCUT2D eigenvalue weighted by atomic mass is 9.94. The van der Waals surface area contributed by atoms with Crippen molar-refractivity contribution in [2.24, 2.45) is 5.92 Å². The first-order chi connectivity index (χ1) is 14.8. The van der Waals surface area contributed by atoms with Crippen molar-refractivity contribution in [3.05, 3.63) is 39.9 Å². The maximum absolute atomic E-state index is 12.7. The first-order valence-electron chi connectivity index (χ1n) is 10.6. The predicted octanol–water partition coefficient (Wildman–Crippen LogP) is 2.45. The predicted molar refractivity (Wildman–Crippen MR) is 119 cm³/mol. The minimum atomic E-state index is -0.593. The zero-order chi connectivity index (χ0) is 22.4. The Hall–Kier alpha value is -2.33. The lowest BCUT2D eigenvalue weighted by molar-refractivity contribution is -0.384. The van der Waals surface area contributed by atoms with Crippen LogP contribution in [0.25, 0.3) is 0 Å². The van der Waals surface area contributed by atoms with Gasteiger partial charge in [0.2, 0.25) is 5.91 Å². The average Bonchev–Trinajstić information content (AvgIpc) is 3.15. The largest absolute Gasteiger partial charge is 0.445 e. The van der Waals surface area contributed by atoms with Gasteiger partial charge in [-0.3, -0.25) is 19.8 Å². The molecular weight excluding hydrogens is 420 g/mol. The fraction of sp³-hybridized carbons (Fsp3) is 0.619. The van der Waals surface area contributed by atoms with E-state index in [0.29, 0.717) is 31.0 Å². The van der Waals surface area contributed by atoms with E-state index < -0.39 is 17.1 Å². The Labute approximate surface area is 187 Å². The second-order valence-electron chi connectivity index (χ2n) is 8.36. The second-order valence-corrected chi connectivity index (χ2v) is 9.09. The number of nitrogens with one attached hydrogen (secondary N) is 1. The highest BCUT2D eigenvalue weighted by atomic mass is 32.1. The van der Waals surface area contributed by atoms with E-state index in [0.717, 1.165) is 32.4 Å². The third-order valence-electron chi connectivity index (χ3n) is 6.02. The van der Waals surface area contributed by atoms with Crippen LogP contribution in [-0.2, 0) is 16.1 Å². The summed E-state index contributed by atoms with van der Waals surface area (Å²) < 4.78 is 5.35. The van der Waals surface area contributed by atoms with Crippen molar-refractivity contribution < 1.29 is 19.2 Å². The fourth-order valence-electron chi connectivity index (χ4n) is 4.07. The number of thiol groups is 1. The minimum Gasteiger partial charge on any atom is -0.445 e. The number of nitro benzene ring substituents is 1. The molecule has 0 radical (unpaired) electrons. The molecule has 170 valence electrons. The number of amides is 2. The van der Waals surface area contributed by atoms with Crippen LogP contribution in [0.5, 0.6) is 0 Å². The summed E-state index contributed by atoms with van der Waals surface area (Å²) in [6.45, 7) is 3.12. The summed E-state index contributed by atoms with van der Waals surface area (Å²) in [5.41, 5.74) is 0.615. The fourth-order valence-corrected chi connectivity index (χ4v) is 4.45. The van der Waals surface area contributed by atoms with Gasteiger partial charge < -0.3 is 15.0 Å². The summed E-state index contributed by atoms with van der Waals surface area (Å²) in [6.07, 6.45) is 3.15. The van der Waals surface area contributed by atoms with E-state index in [1.165, 1.54) is 17.0 Å². The third kappa shape index (κ3) is 6.57. The van der Waals surface area contributed by atoms with Crippen LogP contribution in [0.2, 0.25) is 0 Å². The molecule has 1 aromatic rings. The Bertz CT molecular complexity index is 782. The van der Waals surface area contributed by atoms with E-state index in [4.69, 9.17) is 4.74 Å². The summed E-state index contributed by atoms with van der Waals surface area (Å²) in [7, 11) is 2.13. The third-order valence-corrected chi connectivity index (χ3v) is 6.39. The van der Waals surface area contributed by atoms with Crippen LogP contribution in [0.4, 0.5) is 10.5 Å². The van der Waals surface area contributed by atoms with Gasteiger partial charge in [0.1, 0.15) is 12.6 Å². The van der Waals surface area contributed by atoms with Crippen molar-refractivity contribution in [1.82, 2.24) is 15.1 Å². The second kappa shape index (κ2) is 10.8. The molecule has 2 aliphatic heterocycles. The van der Waals surface area contributed by atoms with Gasteiger partial charge in [0.15, 0.2) is 0 Å². The van der Waals surface area contributed by atoms with Gasteiger partial charge >= 0.3 is 6.09 Å². The highest BCUT2D eigenvalue weighted by Gasteiger charge is 2.39. The molecule has 2 heterocycles. The van der Waals surface area contributed by atoms with Gasteiger partial charge in [-0.2, -0.15) is 12.6 Å². The normalized spacial score (nSPS) is 22.3. The number of carbonyl (C=O) groups is 2. The van der Waals surface area contributed by atoms with Crippen molar-refractivity contribution in [3.8, 4) is 0 Å². The molecular formula is C21H30N4O5S. The molecule has 0 spiro atoms. The van der Waals surface area contributed by atoms with Crippen molar-refractivity contribution in [1.29, 1.82) is 0 Å². The Morgan fingerprint density at radius 3 is 2.58 bits per heavy atom. The molecule has 10 heteroatoms. The number of non-ortho nitro benzene ring substituents is 1. The molecule has 9 nitrogen and oxygen atoms in total. The molecule has 0 aromatic heterocycles. The Kier molecular flexibility index (Phi) is 8.14. The van der Waals surface area contributed by atoms with Crippen LogP contribution >= 0.6 is 12.6 Å². The van der Waals surface area contributed by atoms with Crippen LogP contribution in [0.15, 0.2) is 24.3 Å². The van der Waals surface area contributed by atoms with Crippen LogP contribution in [0.3, 0.4) is 0 Å². The molecule has 2 amide bonds. The van der Waals surface area contributed by atoms with Crippen molar-refractivity contribution in [3.63, 3.8) is 0 Å². The highest BCUT2D eigenvalue weighted by molar-refractivity contribution is 7.81. The smallest absolute Gasteiger partial charge is 0.410 e. The monoisotopic (exact) mass is 450 g/mol. The Morgan fingerprint density at radius 2 is 1.94 bits per heavy atom. The van der Waals surface area contributed by atoms with Gasteiger partial charge in [-0.25, -0.2) is 4.79 Å². The van der Waals surface area contributed by atoms with Crippen LogP contribution < -0.4 is 5.32 Å². The number of benzene rings is 1. The van der Waals surface area contributed by atoms with E-state index in [9.17, 15) is 19.7 Å². The number of rotatable bonds is 7. The molecule has 3 rings (SSSR count). The Balaban J connectivity index is 1.46. The molecule has 2 unspecified atom stereocenters. The van der Waals surface area contributed by atoms with Gasteiger partial charge in [0.05, 0.1) is 4.92 Å². The number of hydrogen-bond donors (Lipinski definition) is 2. The average molecular weight is 451 g/mol. The van der Waals surface area contributed by atoms with E-state index in [-0.39, 0.29) is 23.5 Å². The van der Waals surface area contributed by atoms with Crippen molar-refractivity contribution in [2.45, 2.75) is 43.6 Å². The number of piperidine rings is 1. The van der Waals surface area contributed by atoms with E-state index >= 15 is 0 Å². The highest BCUT2D eigenvalue weighted by Crippen LogP contribution is 2.24. The molecule has 2 aliphatic rings. The molecule has 0 bridgehead atoms. The molecule has 31 heavy (non-hydrogen) atoms. The standard InChI is InChI=1S/C21H30N4O5S/c1-23-10-7-15(8-11-23)6-9-22-20(26)19-12-18(31)13-24(19)21(27)30-14-16-2-4-17(5-3-16)25(28)29/h2-5,15,18-19,31H,6-14H2,1H3,(H,22,26). The summed E-state index contributed by atoms with van der Waals surface area (Å²) >= 11 is 4.45. The van der Waals surface area contributed by atoms with Crippen molar-refractivity contribution in [2.75, 3.05) is 33.2 Å². The molecule has 0 saturated carbocycles. The van der Waals surface area contributed by atoms with Crippen LogP contribution in [-0.4, -0.2) is 71.2 Å². The quantitative estimate of drug-likeness (QED) is 0.376. The van der Waals surface area contributed by atoms with Gasteiger partial charge in [0.25, 0.3) is 5.69 Å². The molecule has 1 N–H and O–H groups in total. The first-order valence-corrected chi connectivity index (χ1v) is 11.2. The number of ether oxygens (including phenoxy) is 1. The molecule has 2 atom stereocenters. The summed E-state index contributed by atoms with van der Waals surface area (Å²) in [4.78, 5) is 39.3. The number of hydrogen-bond acceptors (Lipinski definition) is 7. The topological polar surface area (TPSA) is 105 Å². The minimum absolute atomic E-state index is 0.0188. The number of nitrogens with zero attached hydrogens (tertiary/aromatic N) is 3. The Morgan fingerprint density at radius 1 is 1.26 bits per heavy atom.